The maximum atomic E-state index is 12.7. The first-order valence-corrected chi connectivity index (χ1v) is 9.74. The second-order valence-corrected chi connectivity index (χ2v) is 8.11. The Balaban J connectivity index is 1.69. The molecule has 2 heterocycles. The van der Waals surface area contributed by atoms with Gasteiger partial charge in [0.05, 0.1) is 21.7 Å². The largest absolute Gasteiger partial charge is 0.486 e. The van der Waals surface area contributed by atoms with Gasteiger partial charge in [-0.05, 0) is 34.1 Å². The molecule has 2 aromatic rings. The van der Waals surface area contributed by atoms with Crippen molar-refractivity contribution in [2.45, 2.75) is 4.90 Å². The van der Waals surface area contributed by atoms with Crippen LogP contribution in [0.15, 0.2) is 39.7 Å². The normalized spacial score (nSPS) is 15.4. The van der Waals surface area contributed by atoms with Gasteiger partial charge in [0.1, 0.15) is 13.2 Å². The molecule has 0 saturated heterocycles. The monoisotopic (exact) mass is 438 g/mol. The predicted molar refractivity (Wildman–Crippen MR) is 94.2 cm³/mol. The van der Waals surface area contributed by atoms with E-state index in [-0.39, 0.29) is 21.7 Å². The Morgan fingerprint density at radius 3 is 2.35 bits per heavy atom. The third kappa shape index (κ3) is 2.80. The Labute approximate surface area is 156 Å². The van der Waals surface area contributed by atoms with Gasteiger partial charge in [-0.25, -0.2) is 8.42 Å². The lowest BCUT2D eigenvalue weighted by molar-refractivity contribution is 0.0879. The second kappa shape index (κ2) is 5.99. The molecule has 0 bridgehead atoms. The number of ether oxygens (including phenoxy) is 2. The molecule has 2 N–H and O–H groups in total. The number of hydrogen-bond acceptors (Lipinski definition) is 6. The minimum atomic E-state index is -3.99. The first-order valence-electron chi connectivity index (χ1n) is 7.47. The van der Waals surface area contributed by atoms with Crippen LogP contribution in [0.4, 0.5) is 5.69 Å². The van der Waals surface area contributed by atoms with Crippen molar-refractivity contribution in [2.24, 2.45) is 0 Å². The van der Waals surface area contributed by atoms with E-state index in [1.54, 1.807) is 6.07 Å². The van der Waals surface area contributed by atoms with E-state index in [0.717, 1.165) is 0 Å². The van der Waals surface area contributed by atoms with E-state index >= 15 is 0 Å². The number of anilines is 1. The average Bonchev–Trinajstić information content (AvgIpc) is 2.89. The fourth-order valence-corrected chi connectivity index (χ4v) is 4.31. The number of hydrogen-bond donors (Lipinski definition) is 2. The molecule has 0 fully saturated rings. The molecule has 2 aliphatic rings. The molecule has 2 aromatic carbocycles. The fraction of sp³-hybridized carbons (Fsp3) is 0.125. The zero-order chi connectivity index (χ0) is 18.5. The molecule has 2 amide bonds. The van der Waals surface area contributed by atoms with Gasteiger partial charge in [0.15, 0.2) is 11.5 Å². The number of fused-ring (bicyclic) bond motifs is 2. The van der Waals surface area contributed by atoms with Crippen molar-refractivity contribution < 1.29 is 27.5 Å². The van der Waals surface area contributed by atoms with Crippen molar-refractivity contribution in [1.29, 1.82) is 0 Å². The molecule has 4 rings (SSSR count). The van der Waals surface area contributed by atoms with Crippen LogP contribution >= 0.6 is 15.9 Å². The Hall–Kier alpha value is -2.59. The third-order valence-corrected chi connectivity index (χ3v) is 5.91. The Kier molecular flexibility index (Phi) is 3.88. The fourth-order valence-electron chi connectivity index (χ4n) is 2.66. The van der Waals surface area contributed by atoms with E-state index in [0.29, 0.717) is 29.2 Å². The summed E-state index contributed by atoms with van der Waals surface area (Å²) in [5.41, 5.74) is 0.434. The van der Waals surface area contributed by atoms with Crippen LogP contribution in [0.2, 0.25) is 0 Å². The highest BCUT2D eigenvalue weighted by atomic mass is 79.9. The van der Waals surface area contributed by atoms with Gasteiger partial charge >= 0.3 is 0 Å². The van der Waals surface area contributed by atoms with Crippen LogP contribution in [0.3, 0.4) is 0 Å². The van der Waals surface area contributed by atoms with Crippen molar-refractivity contribution in [3.05, 3.63) is 45.9 Å². The third-order valence-electron chi connectivity index (χ3n) is 3.89. The number of nitrogens with one attached hydrogen (secondary N) is 2. The average molecular weight is 439 g/mol. The molecule has 0 aliphatic carbocycles. The van der Waals surface area contributed by atoms with Crippen molar-refractivity contribution >= 4 is 43.5 Å². The number of rotatable bonds is 3. The molecule has 0 spiro atoms. The van der Waals surface area contributed by atoms with E-state index in [1.165, 1.54) is 24.3 Å². The zero-order valence-corrected chi connectivity index (χ0v) is 15.4. The summed E-state index contributed by atoms with van der Waals surface area (Å²) in [5, 5.41) is 2.12. The van der Waals surface area contributed by atoms with Gasteiger partial charge in [-0.3, -0.25) is 19.6 Å². The maximum absolute atomic E-state index is 12.7. The van der Waals surface area contributed by atoms with Crippen molar-refractivity contribution in [3.8, 4) is 11.5 Å². The molecule has 0 aromatic heterocycles. The first-order chi connectivity index (χ1) is 12.3. The van der Waals surface area contributed by atoms with Crippen molar-refractivity contribution in [1.82, 2.24) is 5.32 Å². The molecule has 0 unspecified atom stereocenters. The topological polar surface area (TPSA) is 111 Å². The molecule has 8 nitrogen and oxygen atoms in total. The van der Waals surface area contributed by atoms with Gasteiger partial charge in [-0.2, -0.15) is 0 Å². The number of imide groups is 1. The molecular formula is C16H11BrN2O6S. The summed E-state index contributed by atoms with van der Waals surface area (Å²) in [6.07, 6.45) is 0. The Morgan fingerprint density at radius 1 is 0.962 bits per heavy atom. The number of amides is 2. The van der Waals surface area contributed by atoms with Crippen LogP contribution in [-0.4, -0.2) is 33.4 Å². The SMILES string of the molecule is O=C1NC(=O)c2cc(S(=O)(=O)Nc3cc4c(cc3Br)OCCO4)ccc21. The summed E-state index contributed by atoms with van der Waals surface area (Å²) in [6, 6.07) is 6.87. The smallest absolute Gasteiger partial charge is 0.261 e. The Bertz CT molecular complexity index is 1070. The number of carbonyl (C=O) groups excluding carboxylic acids is 2. The lowest BCUT2D eigenvalue weighted by atomic mass is 10.1. The highest BCUT2D eigenvalue weighted by Crippen LogP contribution is 2.39. The van der Waals surface area contributed by atoms with Gasteiger partial charge in [0, 0.05) is 16.6 Å². The molecular weight excluding hydrogens is 428 g/mol. The molecule has 26 heavy (non-hydrogen) atoms. The zero-order valence-electron chi connectivity index (χ0n) is 13.0. The summed E-state index contributed by atoms with van der Waals surface area (Å²) in [4.78, 5) is 23.2. The van der Waals surface area contributed by atoms with Crippen LogP contribution in [0.5, 0.6) is 11.5 Å². The van der Waals surface area contributed by atoms with E-state index in [2.05, 4.69) is 26.0 Å². The molecule has 10 heteroatoms. The number of carbonyl (C=O) groups is 2. The molecule has 0 saturated carbocycles. The molecule has 134 valence electrons. The highest BCUT2D eigenvalue weighted by Gasteiger charge is 2.29. The quantitative estimate of drug-likeness (QED) is 0.707. The summed E-state index contributed by atoms with van der Waals surface area (Å²) < 4.78 is 39.2. The van der Waals surface area contributed by atoms with E-state index in [1.807, 2.05) is 0 Å². The second-order valence-electron chi connectivity index (χ2n) is 5.57. The van der Waals surface area contributed by atoms with E-state index in [4.69, 9.17) is 9.47 Å². The predicted octanol–water partition coefficient (Wildman–Crippen LogP) is 1.90. The summed E-state index contributed by atoms with van der Waals surface area (Å²) in [5.74, 6) is -0.228. The van der Waals surface area contributed by atoms with Gasteiger partial charge in [0.2, 0.25) is 0 Å². The highest BCUT2D eigenvalue weighted by molar-refractivity contribution is 9.10. The van der Waals surface area contributed by atoms with Crippen LogP contribution in [0.25, 0.3) is 0 Å². The summed E-state index contributed by atoms with van der Waals surface area (Å²) in [6.45, 7) is 0.787. The van der Waals surface area contributed by atoms with Crippen molar-refractivity contribution in [3.63, 3.8) is 0 Å². The standard InChI is InChI=1S/C16H11BrN2O6S/c17-11-6-13-14(25-4-3-24-13)7-12(11)19-26(22,23)8-1-2-9-10(5-8)16(21)18-15(9)20/h1-2,5-7,19H,3-4H2,(H,18,20,21). The van der Waals surface area contributed by atoms with Gasteiger partial charge in [-0.15, -0.1) is 0 Å². The lowest BCUT2D eigenvalue weighted by Crippen LogP contribution is -2.20. The van der Waals surface area contributed by atoms with Gasteiger partial charge in [-0.1, -0.05) is 0 Å². The van der Waals surface area contributed by atoms with Crippen molar-refractivity contribution in [2.75, 3.05) is 17.9 Å². The number of sulfonamides is 1. The molecule has 2 aliphatic heterocycles. The van der Waals surface area contributed by atoms with Crippen LogP contribution in [0.1, 0.15) is 20.7 Å². The van der Waals surface area contributed by atoms with Crippen LogP contribution in [0, 0.1) is 0 Å². The van der Waals surface area contributed by atoms with Gasteiger partial charge < -0.3 is 9.47 Å². The molecule has 0 radical (unpaired) electrons. The van der Waals surface area contributed by atoms with Crippen LogP contribution in [-0.2, 0) is 10.0 Å². The first kappa shape index (κ1) is 16.9. The number of benzene rings is 2. The van der Waals surface area contributed by atoms with E-state index in [9.17, 15) is 18.0 Å². The summed E-state index contributed by atoms with van der Waals surface area (Å²) >= 11 is 3.30. The van der Waals surface area contributed by atoms with E-state index < -0.39 is 21.8 Å². The molecule has 0 atom stereocenters. The maximum Gasteiger partial charge on any atom is 0.261 e. The minimum Gasteiger partial charge on any atom is -0.486 e. The minimum absolute atomic E-state index is 0.0270. The number of halogens is 1. The van der Waals surface area contributed by atoms with Gasteiger partial charge in [0.25, 0.3) is 21.8 Å². The van der Waals surface area contributed by atoms with Crippen LogP contribution < -0.4 is 19.5 Å². The summed E-state index contributed by atoms with van der Waals surface area (Å²) in [7, 11) is -3.99. The lowest BCUT2D eigenvalue weighted by Gasteiger charge is -2.20. The Morgan fingerprint density at radius 2 is 1.62 bits per heavy atom.